The summed E-state index contributed by atoms with van der Waals surface area (Å²) in [6, 6.07) is 1.99. The van der Waals surface area contributed by atoms with Crippen molar-refractivity contribution in [2.45, 2.75) is 76.8 Å². The number of amides is 3. The third-order valence-corrected chi connectivity index (χ3v) is 6.20. The Bertz CT molecular complexity index is 768. The van der Waals surface area contributed by atoms with E-state index in [2.05, 4.69) is 9.88 Å². The van der Waals surface area contributed by atoms with E-state index in [0.717, 1.165) is 54.8 Å². The van der Waals surface area contributed by atoms with Gasteiger partial charge in [0.25, 0.3) is 5.91 Å². The first-order valence-electron chi connectivity index (χ1n) is 9.79. The van der Waals surface area contributed by atoms with E-state index in [1.165, 1.54) is 0 Å². The smallest absolute Gasteiger partial charge is 0.325 e. The van der Waals surface area contributed by atoms with E-state index in [0.29, 0.717) is 24.4 Å². The van der Waals surface area contributed by atoms with Gasteiger partial charge in [-0.25, -0.2) is 4.79 Å². The van der Waals surface area contributed by atoms with Gasteiger partial charge < -0.3 is 9.88 Å². The van der Waals surface area contributed by atoms with Crippen LogP contribution in [0.5, 0.6) is 0 Å². The van der Waals surface area contributed by atoms with Gasteiger partial charge >= 0.3 is 6.03 Å². The zero-order chi connectivity index (χ0) is 18.5. The molecule has 1 aromatic rings. The van der Waals surface area contributed by atoms with Gasteiger partial charge in [0.05, 0.1) is 6.54 Å². The highest BCUT2D eigenvalue weighted by Gasteiger charge is 2.51. The molecule has 6 heteroatoms. The largest absolute Gasteiger partial charge is 0.345 e. The maximum Gasteiger partial charge on any atom is 0.325 e. The molecular weight excluding hydrogens is 330 g/mol. The fourth-order valence-corrected chi connectivity index (χ4v) is 4.67. The molecule has 0 bridgehead atoms. The van der Waals surface area contributed by atoms with Gasteiger partial charge in [-0.05, 0) is 45.6 Å². The lowest BCUT2D eigenvalue weighted by molar-refractivity contribution is -0.131. The third-order valence-electron chi connectivity index (χ3n) is 6.20. The molecule has 2 heterocycles. The van der Waals surface area contributed by atoms with E-state index in [9.17, 15) is 14.4 Å². The summed E-state index contributed by atoms with van der Waals surface area (Å²) in [6.45, 7) is 3.80. The summed E-state index contributed by atoms with van der Waals surface area (Å²) in [6.07, 6.45) is 7.73. The van der Waals surface area contributed by atoms with Crippen LogP contribution in [0.25, 0.3) is 0 Å². The van der Waals surface area contributed by atoms with Crippen molar-refractivity contribution in [1.29, 1.82) is 0 Å². The number of urea groups is 1. The molecule has 0 radical (unpaired) electrons. The molecule has 3 fully saturated rings. The first-order valence-corrected chi connectivity index (χ1v) is 9.79. The van der Waals surface area contributed by atoms with Crippen molar-refractivity contribution in [2.75, 3.05) is 6.54 Å². The number of rotatable bonds is 4. The van der Waals surface area contributed by atoms with E-state index < -0.39 is 11.6 Å². The lowest BCUT2D eigenvalue weighted by atomic mass is 9.90. The van der Waals surface area contributed by atoms with Crippen molar-refractivity contribution in [2.24, 2.45) is 0 Å². The van der Waals surface area contributed by atoms with Crippen molar-refractivity contribution >= 4 is 17.7 Å². The molecule has 1 aromatic heterocycles. The number of nitrogens with zero attached hydrogens (tertiary/aromatic N) is 2. The normalized spacial score (nSPS) is 22.6. The van der Waals surface area contributed by atoms with Crippen LogP contribution in [0.15, 0.2) is 6.07 Å². The Hall–Kier alpha value is -2.11. The fraction of sp³-hybridized carbons (Fsp3) is 0.650. The number of ketones is 1. The van der Waals surface area contributed by atoms with E-state index in [1.54, 1.807) is 0 Å². The second-order valence-electron chi connectivity index (χ2n) is 8.13. The van der Waals surface area contributed by atoms with E-state index in [4.69, 9.17) is 0 Å². The minimum Gasteiger partial charge on any atom is -0.345 e. The van der Waals surface area contributed by atoms with Gasteiger partial charge in [0.15, 0.2) is 5.78 Å². The molecule has 2 saturated carbocycles. The van der Waals surface area contributed by atoms with Crippen LogP contribution in [0, 0.1) is 13.8 Å². The molecule has 26 heavy (non-hydrogen) atoms. The highest BCUT2D eigenvalue weighted by atomic mass is 16.2. The van der Waals surface area contributed by atoms with E-state index in [1.807, 2.05) is 19.9 Å². The minimum atomic E-state index is -0.779. The van der Waals surface area contributed by atoms with Crippen molar-refractivity contribution in [3.8, 4) is 0 Å². The van der Waals surface area contributed by atoms with Gasteiger partial charge in [-0.3, -0.25) is 14.5 Å². The zero-order valence-electron chi connectivity index (χ0n) is 15.6. The number of hydrogen-bond donors (Lipinski definition) is 1. The maximum atomic E-state index is 13.0. The van der Waals surface area contributed by atoms with Gasteiger partial charge in [-0.15, -0.1) is 0 Å². The highest BCUT2D eigenvalue weighted by molar-refractivity contribution is 6.11. The minimum absolute atomic E-state index is 0.154. The Morgan fingerprint density at radius 3 is 2.42 bits per heavy atom. The molecule has 0 unspecified atom stereocenters. The van der Waals surface area contributed by atoms with E-state index >= 15 is 0 Å². The standard InChI is InChI=1S/C20H27N3O3/c1-13-11-16(14(2)23(13)15-7-8-15)17(24)12-22-18(25)20(21-19(22)26)9-5-3-4-6-10-20/h11,15H,3-10,12H2,1-2H3,(H,21,26). The summed E-state index contributed by atoms with van der Waals surface area (Å²) in [5.74, 6) is -0.368. The number of carbonyl (C=O) groups excluding carboxylic acids is 3. The van der Waals surface area contributed by atoms with Crippen molar-refractivity contribution in [3.63, 3.8) is 0 Å². The average Bonchev–Trinajstić information content (AvgIpc) is 3.37. The van der Waals surface area contributed by atoms with Crippen LogP contribution in [-0.4, -0.2) is 39.3 Å². The van der Waals surface area contributed by atoms with Crippen LogP contribution in [0.2, 0.25) is 0 Å². The third kappa shape index (κ3) is 2.75. The number of aryl methyl sites for hydroxylation is 1. The van der Waals surface area contributed by atoms with Crippen molar-refractivity contribution < 1.29 is 14.4 Å². The molecule has 1 aliphatic heterocycles. The second-order valence-corrected chi connectivity index (χ2v) is 8.13. The molecule has 140 valence electrons. The van der Waals surface area contributed by atoms with Crippen LogP contribution in [-0.2, 0) is 4.79 Å². The number of hydrogen-bond acceptors (Lipinski definition) is 3. The SMILES string of the molecule is Cc1cc(C(=O)CN2C(=O)NC3(CCCCCC3)C2=O)c(C)n1C1CC1. The van der Waals surface area contributed by atoms with Gasteiger partial charge in [0.1, 0.15) is 5.54 Å². The number of imide groups is 1. The topological polar surface area (TPSA) is 71.4 Å². The molecule has 2 aliphatic carbocycles. The van der Waals surface area contributed by atoms with Gasteiger partial charge in [0.2, 0.25) is 0 Å². The van der Waals surface area contributed by atoms with Crippen molar-refractivity contribution in [3.05, 3.63) is 23.0 Å². The Kier molecular flexibility index (Phi) is 4.16. The summed E-state index contributed by atoms with van der Waals surface area (Å²) in [5, 5.41) is 2.91. The first kappa shape index (κ1) is 17.3. The highest BCUT2D eigenvalue weighted by Crippen LogP contribution is 2.38. The van der Waals surface area contributed by atoms with Crippen LogP contribution < -0.4 is 5.32 Å². The van der Waals surface area contributed by atoms with Crippen LogP contribution >= 0.6 is 0 Å². The van der Waals surface area contributed by atoms with E-state index in [-0.39, 0.29) is 18.2 Å². The summed E-state index contributed by atoms with van der Waals surface area (Å²) in [7, 11) is 0. The molecular formula is C20H27N3O3. The molecule has 0 atom stereocenters. The van der Waals surface area contributed by atoms with Crippen LogP contribution in [0.1, 0.15) is 79.2 Å². The molecule has 3 amide bonds. The monoisotopic (exact) mass is 357 g/mol. The van der Waals surface area contributed by atoms with Gasteiger partial charge in [-0.1, -0.05) is 25.7 Å². The predicted molar refractivity (Wildman–Crippen MR) is 97.2 cm³/mol. The number of carbonyl (C=O) groups is 3. The molecule has 1 N–H and O–H groups in total. The average molecular weight is 357 g/mol. The molecule has 3 aliphatic rings. The molecule has 6 nitrogen and oxygen atoms in total. The van der Waals surface area contributed by atoms with Crippen LogP contribution in [0.3, 0.4) is 0 Å². The first-order chi connectivity index (χ1) is 12.4. The Labute approximate surface area is 153 Å². The Balaban J connectivity index is 1.53. The number of Topliss-reactive ketones (excluding diaryl/α,β-unsaturated/α-hetero) is 1. The zero-order valence-corrected chi connectivity index (χ0v) is 15.6. The molecule has 1 spiro atoms. The second kappa shape index (κ2) is 6.25. The quantitative estimate of drug-likeness (QED) is 0.664. The summed E-state index contributed by atoms with van der Waals surface area (Å²) in [5.41, 5.74) is 1.88. The number of aromatic nitrogens is 1. The molecule has 1 saturated heterocycles. The van der Waals surface area contributed by atoms with Gasteiger partial charge in [0, 0.05) is 23.0 Å². The summed E-state index contributed by atoms with van der Waals surface area (Å²) in [4.78, 5) is 39.4. The summed E-state index contributed by atoms with van der Waals surface area (Å²) >= 11 is 0. The molecule has 0 aromatic carbocycles. The van der Waals surface area contributed by atoms with Crippen molar-refractivity contribution in [1.82, 2.24) is 14.8 Å². The Morgan fingerprint density at radius 1 is 1.15 bits per heavy atom. The predicted octanol–water partition coefficient (Wildman–Crippen LogP) is 3.27. The number of nitrogens with one attached hydrogen (secondary N) is 1. The maximum absolute atomic E-state index is 13.0. The molecule has 4 rings (SSSR count). The fourth-order valence-electron chi connectivity index (χ4n) is 4.67. The summed E-state index contributed by atoms with van der Waals surface area (Å²) < 4.78 is 2.21. The van der Waals surface area contributed by atoms with Crippen LogP contribution in [0.4, 0.5) is 4.79 Å². The Morgan fingerprint density at radius 2 is 1.81 bits per heavy atom. The van der Waals surface area contributed by atoms with Gasteiger partial charge in [-0.2, -0.15) is 0 Å². The lowest BCUT2D eigenvalue weighted by Gasteiger charge is -2.24. The lowest BCUT2D eigenvalue weighted by Crippen LogP contribution is -2.46.